The van der Waals surface area contributed by atoms with Crippen LogP contribution in [0.3, 0.4) is 0 Å². The molecule has 3 heterocycles. The van der Waals surface area contributed by atoms with Crippen molar-refractivity contribution >= 4 is 17.3 Å². The van der Waals surface area contributed by atoms with E-state index < -0.39 is 10.5 Å². The van der Waals surface area contributed by atoms with E-state index in [0.717, 1.165) is 0 Å². The van der Waals surface area contributed by atoms with E-state index >= 15 is 0 Å². The van der Waals surface area contributed by atoms with Gasteiger partial charge in [0.05, 0.1) is 22.4 Å². The van der Waals surface area contributed by atoms with E-state index in [0.29, 0.717) is 28.6 Å². The van der Waals surface area contributed by atoms with Crippen molar-refractivity contribution in [2.45, 2.75) is 32.9 Å². The third-order valence-electron chi connectivity index (χ3n) is 4.97. The van der Waals surface area contributed by atoms with Gasteiger partial charge in [-0.15, -0.1) is 0 Å². The van der Waals surface area contributed by atoms with Gasteiger partial charge in [0.2, 0.25) is 0 Å². The van der Waals surface area contributed by atoms with Gasteiger partial charge in [-0.3, -0.25) is 20.1 Å². The van der Waals surface area contributed by atoms with Gasteiger partial charge in [-0.1, -0.05) is 6.07 Å². The molecule has 11 nitrogen and oxygen atoms in total. The molecular formula is C24H22N8O3. The molecule has 3 aromatic heterocycles. The molecule has 0 aliphatic heterocycles. The average Bonchev–Trinajstić information content (AvgIpc) is 3.22. The number of anilines is 2. The molecule has 4 rings (SSSR count). The highest BCUT2D eigenvalue weighted by Gasteiger charge is 2.27. The summed E-state index contributed by atoms with van der Waals surface area (Å²) in [5.74, 6) is 0.935. The van der Waals surface area contributed by atoms with Crippen molar-refractivity contribution in [3.8, 4) is 23.1 Å². The van der Waals surface area contributed by atoms with Gasteiger partial charge in [-0.05, 0) is 45.0 Å². The fourth-order valence-corrected chi connectivity index (χ4v) is 3.37. The van der Waals surface area contributed by atoms with E-state index in [1.54, 1.807) is 41.3 Å². The van der Waals surface area contributed by atoms with Crippen molar-refractivity contribution in [3.63, 3.8) is 0 Å². The second-order valence-electron chi connectivity index (χ2n) is 8.53. The van der Waals surface area contributed by atoms with E-state index in [1.807, 2.05) is 20.8 Å². The number of nitro groups is 1. The first kappa shape index (κ1) is 23.3. The highest BCUT2D eigenvalue weighted by Crippen LogP contribution is 2.37. The van der Waals surface area contributed by atoms with Gasteiger partial charge in [0, 0.05) is 30.2 Å². The molecule has 11 heteroatoms. The molecule has 0 spiro atoms. The van der Waals surface area contributed by atoms with E-state index in [-0.39, 0.29) is 23.6 Å². The summed E-state index contributed by atoms with van der Waals surface area (Å²) in [7, 11) is 0. The van der Waals surface area contributed by atoms with Gasteiger partial charge in [0.25, 0.3) is 0 Å². The van der Waals surface area contributed by atoms with Gasteiger partial charge in [0.1, 0.15) is 35.6 Å². The van der Waals surface area contributed by atoms with Crippen LogP contribution < -0.4 is 10.1 Å². The fraction of sp³-hybridized carbons (Fsp3) is 0.208. The number of rotatable bonds is 7. The maximum absolute atomic E-state index is 11.6. The minimum absolute atomic E-state index is 0.0478. The molecule has 0 saturated carbocycles. The number of ether oxygens (including phenoxy) is 1. The van der Waals surface area contributed by atoms with E-state index in [1.165, 1.54) is 24.5 Å². The molecule has 0 aliphatic rings. The topological polar surface area (TPSA) is 145 Å². The first-order chi connectivity index (χ1) is 16.8. The molecule has 4 aromatic rings. The number of benzene rings is 1. The molecule has 0 saturated heterocycles. The summed E-state index contributed by atoms with van der Waals surface area (Å²) in [6.45, 7) is 5.89. The standard InChI is InChI=1S/C24H22N8O3/c1-24(2,3)31-23(29-21-14-26-10-11-28-21)18(13-25)22(30-31)16-7-8-19(32(33)34)20(12-16)35-15-17-6-4-5-9-27-17/h4-12,14H,15H2,1-3H3,(H,28,29). The Morgan fingerprint density at radius 3 is 2.63 bits per heavy atom. The van der Waals surface area contributed by atoms with Crippen molar-refractivity contribution in [3.05, 3.63) is 82.6 Å². The maximum atomic E-state index is 11.6. The number of nitrogens with one attached hydrogen (secondary N) is 1. The number of nitrogens with zero attached hydrogens (tertiary/aromatic N) is 7. The van der Waals surface area contributed by atoms with Crippen molar-refractivity contribution < 1.29 is 9.66 Å². The largest absolute Gasteiger partial charge is 0.480 e. The van der Waals surface area contributed by atoms with Crippen molar-refractivity contribution in [2.24, 2.45) is 0 Å². The van der Waals surface area contributed by atoms with Crippen LogP contribution in [-0.2, 0) is 12.1 Å². The number of pyridine rings is 1. The summed E-state index contributed by atoms with van der Waals surface area (Å²) in [5.41, 5.74) is 1.04. The molecule has 0 atom stereocenters. The normalized spacial score (nSPS) is 11.0. The van der Waals surface area contributed by atoms with E-state index in [9.17, 15) is 15.4 Å². The maximum Gasteiger partial charge on any atom is 0.310 e. The van der Waals surface area contributed by atoms with Crippen molar-refractivity contribution in [1.82, 2.24) is 24.7 Å². The predicted molar refractivity (Wildman–Crippen MR) is 128 cm³/mol. The van der Waals surface area contributed by atoms with E-state index in [2.05, 4.69) is 26.3 Å². The van der Waals surface area contributed by atoms with Crippen LogP contribution in [-0.4, -0.2) is 29.7 Å². The van der Waals surface area contributed by atoms with Crippen LogP contribution in [0.15, 0.2) is 61.2 Å². The summed E-state index contributed by atoms with van der Waals surface area (Å²) in [6, 6.07) is 12.0. The molecule has 0 unspecified atom stereocenters. The van der Waals surface area contributed by atoms with Crippen LogP contribution in [0.2, 0.25) is 0 Å². The van der Waals surface area contributed by atoms with Crippen LogP contribution in [0.4, 0.5) is 17.3 Å². The summed E-state index contributed by atoms with van der Waals surface area (Å²) < 4.78 is 7.45. The molecular weight excluding hydrogens is 448 g/mol. The summed E-state index contributed by atoms with van der Waals surface area (Å²) in [6.07, 6.45) is 6.24. The smallest absolute Gasteiger partial charge is 0.310 e. The van der Waals surface area contributed by atoms with Crippen LogP contribution in [0, 0.1) is 21.4 Å². The Kier molecular flexibility index (Phi) is 6.37. The first-order valence-corrected chi connectivity index (χ1v) is 10.7. The molecule has 0 fully saturated rings. The second kappa shape index (κ2) is 9.56. The predicted octanol–water partition coefficient (Wildman–Crippen LogP) is 4.59. The number of nitriles is 1. The minimum Gasteiger partial charge on any atom is -0.480 e. The Labute approximate surface area is 201 Å². The monoisotopic (exact) mass is 470 g/mol. The lowest BCUT2D eigenvalue weighted by molar-refractivity contribution is -0.385. The zero-order valence-electron chi connectivity index (χ0n) is 19.3. The molecule has 0 bridgehead atoms. The third-order valence-corrected chi connectivity index (χ3v) is 4.97. The Bertz CT molecular complexity index is 1390. The third kappa shape index (κ3) is 5.06. The Balaban J connectivity index is 1.80. The number of hydrogen-bond acceptors (Lipinski definition) is 9. The average molecular weight is 470 g/mol. The number of hydrogen-bond donors (Lipinski definition) is 1. The highest BCUT2D eigenvalue weighted by atomic mass is 16.6. The van der Waals surface area contributed by atoms with Gasteiger partial charge in [-0.25, -0.2) is 9.67 Å². The Hall–Kier alpha value is -4.85. The van der Waals surface area contributed by atoms with Gasteiger partial charge in [-0.2, -0.15) is 10.4 Å². The van der Waals surface area contributed by atoms with Crippen LogP contribution in [0.1, 0.15) is 32.0 Å². The van der Waals surface area contributed by atoms with Crippen LogP contribution >= 0.6 is 0 Å². The molecule has 1 aromatic carbocycles. The quantitative estimate of drug-likeness (QED) is 0.303. The van der Waals surface area contributed by atoms with Gasteiger partial charge in [0.15, 0.2) is 5.75 Å². The van der Waals surface area contributed by atoms with E-state index in [4.69, 9.17) is 9.84 Å². The van der Waals surface area contributed by atoms with Crippen LogP contribution in [0.5, 0.6) is 5.75 Å². The van der Waals surface area contributed by atoms with Crippen molar-refractivity contribution in [2.75, 3.05) is 5.32 Å². The highest BCUT2D eigenvalue weighted by molar-refractivity contribution is 5.77. The molecule has 176 valence electrons. The molecule has 0 aliphatic carbocycles. The first-order valence-electron chi connectivity index (χ1n) is 10.7. The number of aromatic nitrogens is 5. The summed E-state index contributed by atoms with van der Waals surface area (Å²) >= 11 is 0. The lowest BCUT2D eigenvalue weighted by Gasteiger charge is -2.22. The molecule has 0 radical (unpaired) electrons. The fourth-order valence-electron chi connectivity index (χ4n) is 3.37. The SMILES string of the molecule is CC(C)(C)n1nc(-c2ccc([N+](=O)[O-])c(OCc3ccccn3)c2)c(C#N)c1Nc1cnccn1. The zero-order valence-corrected chi connectivity index (χ0v) is 19.3. The molecule has 0 amide bonds. The van der Waals surface area contributed by atoms with Gasteiger partial charge < -0.3 is 10.1 Å². The lowest BCUT2D eigenvalue weighted by Crippen LogP contribution is -2.24. The van der Waals surface area contributed by atoms with Crippen LogP contribution in [0.25, 0.3) is 11.3 Å². The van der Waals surface area contributed by atoms with Gasteiger partial charge >= 0.3 is 5.69 Å². The molecule has 1 N–H and O–H groups in total. The Morgan fingerprint density at radius 1 is 1.17 bits per heavy atom. The summed E-state index contributed by atoms with van der Waals surface area (Å²) in [5, 5.41) is 29.5. The summed E-state index contributed by atoms with van der Waals surface area (Å²) in [4.78, 5) is 23.6. The minimum atomic E-state index is -0.516. The number of nitro benzene ring substituents is 1. The Morgan fingerprint density at radius 2 is 2.00 bits per heavy atom. The zero-order chi connectivity index (χ0) is 25.0. The second-order valence-corrected chi connectivity index (χ2v) is 8.53. The van der Waals surface area contributed by atoms with Crippen molar-refractivity contribution in [1.29, 1.82) is 5.26 Å². The lowest BCUT2D eigenvalue weighted by atomic mass is 10.1. The molecule has 35 heavy (non-hydrogen) atoms.